The lowest BCUT2D eigenvalue weighted by molar-refractivity contribution is 2.18. The Kier molecular flexibility index (Phi) is 4.35. The van der Waals surface area contributed by atoms with Crippen molar-refractivity contribution in [1.82, 2.24) is 0 Å². The quantitative estimate of drug-likeness (QED) is 0.407. The topological polar surface area (TPSA) is 0 Å². The molecule has 0 heterocycles. The summed E-state index contributed by atoms with van der Waals surface area (Å²) in [5.41, 5.74) is 14.5. The molecule has 0 nitrogen and oxygen atoms in total. The maximum absolute atomic E-state index is 3.26. The second-order valence-electron chi connectivity index (χ2n) is 0.854. The Morgan fingerprint density at radius 2 is 1.00 bits per heavy atom. The highest BCUT2D eigenvalue weighted by Crippen LogP contribution is 1.49. The van der Waals surface area contributed by atoms with E-state index in [1.54, 1.807) is 0 Å². The van der Waals surface area contributed by atoms with Gasteiger partial charge < -0.3 is 0 Å². The van der Waals surface area contributed by atoms with Gasteiger partial charge >= 0.3 is 0 Å². The van der Waals surface area contributed by atoms with Crippen molar-refractivity contribution in [3.05, 3.63) is 47.5 Å². The highest BCUT2D eigenvalue weighted by molar-refractivity contribution is 4.85. The highest BCUT2D eigenvalue weighted by atomic mass is 13.3. The van der Waals surface area contributed by atoms with Gasteiger partial charge in [-0.2, -0.15) is 0 Å². The molecular formula is C8H4. The molecule has 0 aromatic carbocycles. The SMILES string of the molecule is C=C=C=C=C=C=C=C. The Morgan fingerprint density at radius 3 is 1.25 bits per heavy atom. The molecule has 0 aliphatic carbocycles. The van der Waals surface area contributed by atoms with Gasteiger partial charge in [0.1, 0.15) is 0 Å². The smallest absolute Gasteiger partial charge is 0.000718 e. The molecule has 0 atom stereocenters. The third kappa shape index (κ3) is 4.42. The van der Waals surface area contributed by atoms with Crippen molar-refractivity contribution in [2.24, 2.45) is 0 Å². The van der Waals surface area contributed by atoms with Crippen LogP contribution in [-0.4, -0.2) is 0 Å². The van der Waals surface area contributed by atoms with E-state index in [0.717, 1.165) is 0 Å². The summed E-state index contributed by atoms with van der Waals surface area (Å²) in [6, 6.07) is 0. The molecule has 0 aromatic heterocycles. The second-order valence-corrected chi connectivity index (χ2v) is 0.854. The lowest BCUT2D eigenvalue weighted by Crippen LogP contribution is -1.17. The number of hydrogen-bond acceptors (Lipinski definition) is 0. The monoisotopic (exact) mass is 100 g/mol. The molecule has 36 valence electrons. The first-order valence-corrected chi connectivity index (χ1v) is 1.96. The normalized spacial score (nSPS) is 3.50. The molecule has 0 N–H and O–H groups in total. The van der Waals surface area contributed by atoms with Crippen LogP contribution < -0.4 is 0 Å². The van der Waals surface area contributed by atoms with Crippen LogP contribution in [0.1, 0.15) is 0 Å². The lowest BCUT2D eigenvalue weighted by atomic mass is 10.7. The molecule has 8 heavy (non-hydrogen) atoms. The summed E-state index contributed by atoms with van der Waals surface area (Å²) < 4.78 is 0. The van der Waals surface area contributed by atoms with E-state index in [0.29, 0.717) is 0 Å². The van der Waals surface area contributed by atoms with Crippen LogP contribution in [0, 0.1) is 0 Å². The van der Waals surface area contributed by atoms with Crippen LogP contribution in [0.5, 0.6) is 0 Å². The summed E-state index contributed by atoms with van der Waals surface area (Å²) in [6.07, 6.45) is 0. The van der Waals surface area contributed by atoms with Crippen LogP contribution in [-0.2, 0) is 0 Å². The van der Waals surface area contributed by atoms with Gasteiger partial charge in [0.05, 0.1) is 0 Å². The van der Waals surface area contributed by atoms with Crippen molar-refractivity contribution in [2.45, 2.75) is 0 Å². The van der Waals surface area contributed by atoms with Crippen molar-refractivity contribution in [3.63, 3.8) is 0 Å². The maximum atomic E-state index is 3.26. The lowest BCUT2D eigenvalue weighted by Gasteiger charge is -1.35. The van der Waals surface area contributed by atoms with Gasteiger partial charge in [-0.3, -0.25) is 0 Å². The Bertz CT molecular complexity index is 229. The van der Waals surface area contributed by atoms with Gasteiger partial charge in [0.25, 0.3) is 0 Å². The van der Waals surface area contributed by atoms with Gasteiger partial charge in [0, 0.05) is 0 Å². The molecule has 0 amide bonds. The zero-order chi connectivity index (χ0) is 6.24. The third-order valence-corrected chi connectivity index (χ3v) is 0.364. The van der Waals surface area contributed by atoms with Crippen molar-refractivity contribution in [2.75, 3.05) is 0 Å². The largest absolute Gasteiger partial charge is 0.0687 e. The van der Waals surface area contributed by atoms with E-state index in [-0.39, 0.29) is 0 Å². The second kappa shape index (κ2) is 5.42. The summed E-state index contributed by atoms with van der Waals surface area (Å²) in [6.45, 7) is 6.51. The summed E-state index contributed by atoms with van der Waals surface area (Å²) in [4.78, 5) is 0. The minimum Gasteiger partial charge on any atom is -0.0687 e. The fraction of sp³-hybridized carbons (Fsp3) is 0. The van der Waals surface area contributed by atoms with Gasteiger partial charge in [0.2, 0.25) is 0 Å². The standard InChI is InChI=1S/C8H4/c1-3-5-7-8-6-4-2/h1-2H2. The average molecular weight is 100 g/mol. The molecular weight excluding hydrogens is 96.1 g/mol. The Hall–Kier alpha value is -1.58. The van der Waals surface area contributed by atoms with Crippen LogP contribution in [0.15, 0.2) is 47.5 Å². The van der Waals surface area contributed by atoms with Crippen molar-refractivity contribution in [3.8, 4) is 0 Å². The number of rotatable bonds is 0. The predicted molar refractivity (Wildman–Crippen MR) is 32.3 cm³/mol. The fourth-order valence-electron chi connectivity index (χ4n) is 0.151. The summed E-state index contributed by atoms with van der Waals surface area (Å²) in [5, 5.41) is 0. The van der Waals surface area contributed by atoms with E-state index in [4.69, 9.17) is 0 Å². The van der Waals surface area contributed by atoms with E-state index >= 15 is 0 Å². The Morgan fingerprint density at radius 1 is 0.625 bits per heavy atom. The van der Waals surface area contributed by atoms with Crippen LogP contribution in [0.4, 0.5) is 0 Å². The zero-order valence-corrected chi connectivity index (χ0v) is 4.41. The van der Waals surface area contributed by atoms with E-state index in [1.165, 1.54) is 0 Å². The highest BCUT2D eigenvalue weighted by Gasteiger charge is 1.32. The maximum Gasteiger partial charge on any atom is -0.000718 e. The molecule has 0 unspecified atom stereocenters. The van der Waals surface area contributed by atoms with Gasteiger partial charge in [0.15, 0.2) is 0 Å². The summed E-state index contributed by atoms with van der Waals surface area (Å²) >= 11 is 0. The molecule has 0 radical (unpaired) electrons. The first kappa shape index (κ1) is 6.42. The first-order valence-electron chi connectivity index (χ1n) is 1.96. The fourth-order valence-corrected chi connectivity index (χ4v) is 0.151. The van der Waals surface area contributed by atoms with Crippen molar-refractivity contribution >= 4 is 0 Å². The van der Waals surface area contributed by atoms with E-state index in [2.05, 4.69) is 47.5 Å². The molecule has 0 heteroatoms. The average Bonchev–Trinajstić information content (AvgIpc) is 1.81. The van der Waals surface area contributed by atoms with E-state index < -0.39 is 0 Å². The Balaban J connectivity index is 5.06. The third-order valence-electron chi connectivity index (χ3n) is 0.364. The molecule has 0 aliphatic rings. The predicted octanol–water partition coefficient (Wildman–Crippen LogP) is 1.73. The van der Waals surface area contributed by atoms with Crippen LogP contribution >= 0.6 is 0 Å². The van der Waals surface area contributed by atoms with Crippen LogP contribution in [0.25, 0.3) is 0 Å². The number of hydrogen-bond donors (Lipinski definition) is 0. The zero-order valence-electron chi connectivity index (χ0n) is 4.41. The molecule has 0 saturated heterocycles. The molecule has 0 saturated carbocycles. The van der Waals surface area contributed by atoms with Gasteiger partial charge in [-0.05, 0) is 36.1 Å². The minimum atomic E-state index is 2.36. The van der Waals surface area contributed by atoms with Crippen LogP contribution in [0.3, 0.4) is 0 Å². The summed E-state index contributed by atoms with van der Waals surface area (Å²) in [7, 11) is 0. The summed E-state index contributed by atoms with van der Waals surface area (Å²) in [5.74, 6) is 0. The van der Waals surface area contributed by atoms with Gasteiger partial charge in [-0.1, -0.05) is 11.5 Å². The van der Waals surface area contributed by atoms with Crippen molar-refractivity contribution < 1.29 is 0 Å². The molecule has 0 bridgehead atoms. The molecule has 0 aliphatic heterocycles. The van der Waals surface area contributed by atoms with E-state index in [9.17, 15) is 0 Å². The minimum absolute atomic E-state index is 2.36. The molecule has 0 rings (SSSR count). The van der Waals surface area contributed by atoms with E-state index in [1.807, 2.05) is 0 Å². The molecule has 0 spiro atoms. The van der Waals surface area contributed by atoms with Crippen LogP contribution in [0.2, 0.25) is 0 Å². The van der Waals surface area contributed by atoms with Gasteiger partial charge in [-0.25, -0.2) is 0 Å². The van der Waals surface area contributed by atoms with Gasteiger partial charge in [-0.15, -0.1) is 0 Å². The molecule has 0 aromatic rings. The molecule has 0 fully saturated rings. The van der Waals surface area contributed by atoms with Crippen molar-refractivity contribution in [1.29, 1.82) is 0 Å². The first-order chi connectivity index (χ1) is 3.91. The Labute approximate surface area is 48.5 Å².